The van der Waals surface area contributed by atoms with Gasteiger partial charge in [0.1, 0.15) is 0 Å². The Morgan fingerprint density at radius 3 is 2.80 bits per heavy atom. The number of anilines is 1. The van der Waals surface area contributed by atoms with Crippen LogP contribution < -0.4 is 14.9 Å². The molecule has 2 aromatic carbocycles. The highest BCUT2D eigenvalue weighted by Gasteiger charge is 2.19. The number of rotatable bonds is 8. The van der Waals surface area contributed by atoms with Gasteiger partial charge in [-0.05, 0) is 64.2 Å². The summed E-state index contributed by atoms with van der Waals surface area (Å²) in [5.74, 6) is -0.342. The largest absolute Gasteiger partial charge is 0.383 e. The van der Waals surface area contributed by atoms with Crippen LogP contribution in [0.4, 0.5) is 5.69 Å². The molecule has 0 bridgehead atoms. The summed E-state index contributed by atoms with van der Waals surface area (Å²) in [6.07, 6.45) is 2.15. The number of hydrogen-bond acceptors (Lipinski definition) is 5. The number of hydrogen-bond donors (Lipinski definition) is 2. The van der Waals surface area contributed by atoms with Crippen molar-refractivity contribution in [2.45, 2.75) is 24.3 Å². The van der Waals surface area contributed by atoms with Gasteiger partial charge in [-0.25, -0.2) is 13.1 Å². The summed E-state index contributed by atoms with van der Waals surface area (Å²) in [5, 5.41) is 2.89. The van der Waals surface area contributed by atoms with E-state index in [1.54, 1.807) is 6.07 Å². The molecule has 2 N–H and O–H groups in total. The molecule has 162 valence electrons. The van der Waals surface area contributed by atoms with Crippen molar-refractivity contribution in [3.8, 4) is 0 Å². The van der Waals surface area contributed by atoms with Gasteiger partial charge in [-0.1, -0.05) is 12.1 Å². The Morgan fingerprint density at radius 2 is 2.03 bits per heavy atom. The minimum Gasteiger partial charge on any atom is -0.383 e. The van der Waals surface area contributed by atoms with Gasteiger partial charge < -0.3 is 15.0 Å². The van der Waals surface area contributed by atoms with Crippen molar-refractivity contribution in [2.24, 2.45) is 0 Å². The van der Waals surface area contributed by atoms with Crippen LogP contribution in [0.1, 0.15) is 27.9 Å². The van der Waals surface area contributed by atoms with Crippen LogP contribution >= 0.6 is 15.9 Å². The summed E-state index contributed by atoms with van der Waals surface area (Å²) in [6.45, 7) is 1.84. The number of halogens is 1. The second kappa shape index (κ2) is 9.91. The maximum atomic E-state index is 12.7. The summed E-state index contributed by atoms with van der Waals surface area (Å²) in [7, 11) is -0.141. The Hall–Kier alpha value is -1.94. The average molecular weight is 496 g/mol. The molecule has 0 aliphatic carbocycles. The van der Waals surface area contributed by atoms with Crippen molar-refractivity contribution >= 4 is 37.5 Å². The second-order valence-corrected chi connectivity index (χ2v) is 9.82. The highest BCUT2D eigenvalue weighted by Crippen LogP contribution is 2.27. The zero-order chi connectivity index (χ0) is 21.7. The van der Waals surface area contributed by atoms with Crippen molar-refractivity contribution in [2.75, 3.05) is 38.8 Å². The van der Waals surface area contributed by atoms with Gasteiger partial charge in [0.2, 0.25) is 10.0 Å². The molecule has 3 rings (SSSR count). The summed E-state index contributed by atoms with van der Waals surface area (Å²) in [4.78, 5) is 15.0. The fraction of sp³-hybridized carbons (Fsp3) is 0.381. The van der Waals surface area contributed by atoms with E-state index in [0.29, 0.717) is 11.0 Å². The van der Waals surface area contributed by atoms with E-state index in [9.17, 15) is 13.2 Å². The van der Waals surface area contributed by atoms with E-state index >= 15 is 0 Å². The Morgan fingerprint density at radius 1 is 1.23 bits per heavy atom. The molecule has 1 aliphatic rings. The lowest BCUT2D eigenvalue weighted by Gasteiger charge is -2.27. The van der Waals surface area contributed by atoms with Crippen LogP contribution in [0.3, 0.4) is 0 Å². The summed E-state index contributed by atoms with van der Waals surface area (Å²) in [6, 6.07) is 10.6. The van der Waals surface area contributed by atoms with Crippen LogP contribution in [0.5, 0.6) is 0 Å². The molecule has 1 amide bonds. The molecule has 1 heterocycles. The van der Waals surface area contributed by atoms with Gasteiger partial charge in [0.25, 0.3) is 5.91 Å². The first-order valence-corrected chi connectivity index (χ1v) is 12.0. The van der Waals surface area contributed by atoms with E-state index in [1.165, 1.54) is 30.5 Å². The monoisotopic (exact) mass is 495 g/mol. The lowest BCUT2D eigenvalue weighted by Crippen LogP contribution is -2.28. The molecule has 0 spiro atoms. The first-order valence-electron chi connectivity index (χ1n) is 9.71. The van der Waals surface area contributed by atoms with Gasteiger partial charge in [0.15, 0.2) is 0 Å². The molecule has 0 saturated heterocycles. The molecule has 0 unspecified atom stereocenters. The van der Waals surface area contributed by atoms with Gasteiger partial charge in [-0.2, -0.15) is 0 Å². The molecule has 0 saturated carbocycles. The van der Waals surface area contributed by atoms with Crippen LogP contribution in [0, 0.1) is 0 Å². The first kappa shape index (κ1) is 22.7. The number of amides is 1. The maximum absolute atomic E-state index is 12.7. The predicted octanol–water partition coefficient (Wildman–Crippen LogP) is 2.69. The molecule has 2 aromatic rings. The van der Waals surface area contributed by atoms with Crippen molar-refractivity contribution < 1.29 is 17.9 Å². The molecule has 9 heteroatoms. The second-order valence-electron chi connectivity index (χ2n) is 7.20. The SMILES string of the molecule is COCCNS(=O)(=O)c1ccc(Br)c(C(=O)NCc2ccc3c(c2)CCCN3C)c1. The normalized spacial score (nSPS) is 13.8. The Bertz CT molecular complexity index is 1030. The van der Waals surface area contributed by atoms with E-state index in [4.69, 9.17) is 4.74 Å². The van der Waals surface area contributed by atoms with Gasteiger partial charge in [-0.3, -0.25) is 4.79 Å². The number of sulfonamides is 1. The first-order chi connectivity index (χ1) is 14.3. The summed E-state index contributed by atoms with van der Waals surface area (Å²) in [5.41, 5.74) is 3.80. The molecule has 0 radical (unpaired) electrons. The number of methoxy groups -OCH3 is 1. The molecule has 0 fully saturated rings. The minimum absolute atomic E-state index is 0.0313. The quantitative estimate of drug-likeness (QED) is 0.549. The smallest absolute Gasteiger partial charge is 0.252 e. The number of ether oxygens (including phenoxy) is 1. The number of carbonyl (C=O) groups is 1. The standard InChI is InChI=1S/C21H26BrN3O4S/c1-25-10-3-4-16-12-15(5-8-20(16)25)14-23-21(26)18-13-17(6-7-19(18)22)30(27,28)24-9-11-29-2/h5-8,12-13,24H,3-4,9-11,14H2,1-2H3,(H,23,26). The molecule has 30 heavy (non-hydrogen) atoms. The number of carbonyl (C=O) groups excluding carboxylic acids is 1. The number of aryl methyl sites for hydroxylation is 1. The lowest BCUT2D eigenvalue weighted by molar-refractivity contribution is 0.0950. The van der Waals surface area contributed by atoms with Gasteiger partial charge >= 0.3 is 0 Å². The third-order valence-electron chi connectivity index (χ3n) is 5.04. The number of nitrogens with one attached hydrogen (secondary N) is 2. The van der Waals surface area contributed by atoms with Crippen LogP contribution in [0.2, 0.25) is 0 Å². The Balaban J connectivity index is 1.71. The van der Waals surface area contributed by atoms with Crippen LogP contribution in [-0.2, 0) is 27.7 Å². The Kier molecular flexibility index (Phi) is 7.51. The van der Waals surface area contributed by atoms with Crippen molar-refractivity contribution in [3.63, 3.8) is 0 Å². The van der Waals surface area contributed by atoms with E-state index in [0.717, 1.165) is 24.9 Å². The zero-order valence-corrected chi connectivity index (χ0v) is 19.5. The highest BCUT2D eigenvalue weighted by atomic mass is 79.9. The maximum Gasteiger partial charge on any atom is 0.252 e. The molecule has 7 nitrogen and oxygen atoms in total. The fourth-order valence-electron chi connectivity index (χ4n) is 3.43. The van der Waals surface area contributed by atoms with E-state index in [2.05, 4.69) is 50.0 Å². The van der Waals surface area contributed by atoms with Crippen LogP contribution in [0.15, 0.2) is 45.8 Å². The third kappa shape index (κ3) is 5.40. The zero-order valence-electron chi connectivity index (χ0n) is 17.1. The summed E-state index contributed by atoms with van der Waals surface area (Å²) >= 11 is 3.34. The average Bonchev–Trinajstić information content (AvgIpc) is 2.72. The lowest BCUT2D eigenvalue weighted by atomic mass is 9.99. The third-order valence-corrected chi connectivity index (χ3v) is 7.19. The number of benzene rings is 2. The van der Waals surface area contributed by atoms with E-state index in [-0.39, 0.29) is 29.5 Å². The topological polar surface area (TPSA) is 87.7 Å². The van der Waals surface area contributed by atoms with Crippen LogP contribution in [0.25, 0.3) is 0 Å². The molecule has 0 atom stereocenters. The van der Waals surface area contributed by atoms with Crippen molar-refractivity contribution in [1.82, 2.24) is 10.0 Å². The Labute approximate surface area is 186 Å². The van der Waals surface area contributed by atoms with E-state index < -0.39 is 10.0 Å². The van der Waals surface area contributed by atoms with E-state index in [1.807, 2.05) is 6.07 Å². The number of nitrogens with zero attached hydrogens (tertiary/aromatic N) is 1. The fourth-order valence-corrected chi connectivity index (χ4v) is 4.90. The highest BCUT2D eigenvalue weighted by molar-refractivity contribution is 9.10. The van der Waals surface area contributed by atoms with Gasteiger partial charge in [0, 0.05) is 44.0 Å². The van der Waals surface area contributed by atoms with Crippen molar-refractivity contribution in [3.05, 3.63) is 57.6 Å². The van der Waals surface area contributed by atoms with Gasteiger partial charge in [-0.15, -0.1) is 0 Å². The molecule has 0 aromatic heterocycles. The molecular weight excluding hydrogens is 470 g/mol. The number of fused-ring (bicyclic) bond motifs is 1. The van der Waals surface area contributed by atoms with Crippen LogP contribution in [-0.4, -0.2) is 48.2 Å². The molecule has 1 aliphatic heterocycles. The van der Waals surface area contributed by atoms with Crippen molar-refractivity contribution in [1.29, 1.82) is 0 Å². The minimum atomic E-state index is -3.72. The predicted molar refractivity (Wildman–Crippen MR) is 120 cm³/mol. The summed E-state index contributed by atoms with van der Waals surface area (Å²) < 4.78 is 32.7. The van der Waals surface area contributed by atoms with Gasteiger partial charge in [0.05, 0.1) is 17.1 Å². The molecular formula is C21H26BrN3O4S.